The summed E-state index contributed by atoms with van der Waals surface area (Å²) < 4.78 is 5.41. The number of hydrogen-bond donors (Lipinski definition) is 3. The second-order valence-electron chi connectivity index (χ2n) is 5.69. The fraction of sp³-hybridized carbons (Fsp3) is 0.389. The average molecular weight is 503 g/mol. The van der Waals surface area contributed by atoms with Crippen LogP contribution in [0.3, 0.4) is 0 Å². The molecule has 0 unspecified atom stereocenters. The van der Waals surface area contributed by atoms with Crippen molar-refractivity contribution in [3.05, 3.63) is 45.4 Å². The van der Waals surface area contributed by atoms with Crippen molar-refractivity contribution in [2.24, 2.45) is 4.99 Å². The van der Waals surface area contributed by atoms with Gasteiger partial charge in [0.05, 0.1) is 18.3 Å². The molecule has 2 rings (SSSR count). The lowest BCUT2D eigenvalue weighted by molar-refractivity contribution is 0.0957. The smallest absolute Gasteiger partial charge is 0.263 e. The molecule has 0 fully saturated rings. The van der Waals surface area contributed by atoms with E-state index in [2.05, 4.69) is 25.9 Å². The first kappa shape index (κ1) is 23.2. The highest BCUT2D eigenvalue weighted by atomic mass is 127. The van der Waals surface area contributed by atoms with Crippen LogP contribution in [0.15, 0.2) is 28.7 Å². The summed E-state index contributed by atoms with van der Waals surface area (Å²) in [6, 6.07) is 6.09. The number of benzene rings is 1. The minimum Gasteiger partial charge on any atom is -0.496 e. The van der Waals surface area contributed by atoms with Gasteiger partial charge in [0.2, 0.25) is 0 Å². The number of ether oxygens (including phenoxy) is 1. The van der Waals surface area contributed by atoms with Gasteiger partial charge in [-0.15, -0.1) is 35.3 Å². The van der Waals surface area contributed by atoms with E-state index >= 15 is 0 Å². The van der Waals surface area contributed by atoms with Crippen LogP contribution in [0.5, 0.6) is 5.75 Å². The van der Waals surface area contributed by atoms with Crippen molar-refractivity contribution in [1.29, 1.82) is 0 Å². The molecule has 0 bridgehead atoms. The van der Waals surface area contributed by atoms with Crippen LogP contribution in [0, 0.1) is 13.8 Å². The Morgan fingerprint density at radius 1 is 1.22 bits per heavy atom. The first-order valence-electron chi connectivity index (χ1n) is 8.31. The van der Waals surface area contributed by atoms with Gasteiger partial charge in [-0.1, -0.05) is 12.1 Å². The van der Waals surface area contributed by atoms with Crippen molar-refractivity contribution in [3.8, 4) is 5.75 Å². The Kier molecular flexibility index (Phi) is 10.1. The van der Waals surface area contributed by atoms with E-state index in [0.717, 1.165) is 22.6 Å². The Bertz CT molecular complexity index is 779. The zero-order chi connectivity index (χ0) is 18.9. The number of thiazole rings is 1. The van der Waals surface area contributed by atoms with Crippen molar-refractivity contribution in [2.75, 3.05) is 27.2 Å². The molecule has 2 aromatic rings. The van der Waals surface area contributed by atoms with Crippen LogP contribution in [0.2, 0.25) is 0 Å². The SMILES string of the molecule is CN=C(NCCNC(=O)c1scnc1C)NCc1ccc(C)cc1OC.I. The molecule has 0 saturated carbocycles. The summed E-state index contributed by atoms with van der Waals surface area (Å²) in [6.07, 6.45) is 0. The molecule has 7 nitrogen and oxygen atoms in total. The number of halogens is 1. The van der Waals surface area contributed by atoms with Crippen LogP contribution in [0.4, 0.5) is 0 Å². The summed E-state index contributed by atoms with van der Waals surface area (Å²) in [6.45, 7) is 5.51. The standard InChI is InChI=1S/C18H25N5O2S.HI/c1-12-5-6-14(15(9-12)25-4)10-22-18(19-3)21-8-7-20-17(24)16-13(2)23-11-26-16;/h5-6,9,11H,7-8,10H2,1-4H3,(H,20,24)(H2,19,21,22);1H. The third-order valence-electron chi connectivity index (χ3n) is 3.77. The Balaban J connectivity index is 0.00000364. The van der Waals surface area contributed by atoms with Gasteiger partial charge in [-0.05, 0) is 25.5 Å². The van der Waals surface area contributed by atoms with Crippen LogP contribution in [-0.4, -0.2) is 44.1 Å². The molecule has 0 atom stereocenters. The molecule has 0 aliphatic rings. The predicted molar refractivity (Wildman–Crippen MR) is 121 cm³/mol. The van der Waals surface area contributed by atoms with Crippen LogP contribution in [0.25, 0.3) is 0 Å². The van der Waals surface area contributed by atoms with E-state index in [1.165, 1.54) is 11.3 Å². The van der Waals surface area contributed by atoms with Gasteiger partial charge in [-0.25, -0.2) is 4.98 Å². The second-order valence-corrected chi connectivity index (χ2v) is 6.55. The molecule has 0 spiro atoms. The molecule has 0 saturated heterocycles. The molecule has 0 radical (unpaired) electrons. The summed E-state index contributed by atoms with van der Waals surface area (Å²) in [7, 11) is 3.37. The fourth-order valence-electron chi connectivity index (χ4n) is 2.35. The number of aliphatic imine (C=N–C) groups is 1. The minimum atomic E-state index is -0.0980. The largest absolute Gasteiger partial charge is 0.496 e. The number of nitrogens with zero attached hydrogens (tertiary/aromatic N) is 2. The zero-order valence-electron chi connectivity index (χ0n) is 16.0. The number of carbonyl (C=O) groups is 1. The van der Waals surface area contributed by atoms with Gasteiger partial charge in [0.15, 0.2) is 5.96 Å². The van der Waals surface area contributed by atoms with Gasteiger partial charge in [0.1, 0.15) is 10.6 Å². The normalized spacial score (nSPS) is 10.7. The van der Waals surface area contributed by atoms with Gasteiger partial charge < -0.3 is 20.7 Å². The molecule has 1 aromatic heterocycles. The topological polar surface area (TPSA) is 87.6 Å². The van der Waals surface area contributed by atoms with Crippen molar-refractivity contribution in [1.82, 2.24) is 20.9 Å². The predicted octanol–water partition coefficient (Wildman–Crippen LogP) is 2.48. The molecular weight excluding hydrogens is 477 g/mol. The number of amides is 1. The summed E-state index contributed by atoms with van der Waals surface area (Å²) >= 11 is 1.35. The molecule has 3 N–H and O–H groups in total. The summed E-state index contributed by atoms with van der Waals surface area (Å²) in [4.78, 5) is 20.9. The zero-order valence-corrected chi connectivity index (χ0v) is 19.1. The highest BCUT2D eigenvalue weighted by Crippen LogP contribution is 2.19. The third kappa shape index (κ3) is 6.98. The van der Waals surface area contributed by atoms with Gasteiger partial charge in [0, 0.05) is 32.2 Å². The third-order valence-corrected chi connectivity index (χ3v) is 4.69. The number of hydrogen-bond acceptors (Lipinski definition) is 5. The van der Waals surface area contributed by atoms with E-state index in [-0.39, 0.29) is 29.9 Å². The Morgan fingerprint density at radius 3 is 2.59 bits per heavy atom. The lowest BCUT2D eigenvalue weighted by atomic mass is 10.1. The molecule has 1 aromatic carbocycles. The maximum Gasteiger partial charge on any atom is 0.263 e. The Hall–Kier alpha value is -1.88. The number of carbonyl (C=O) groups excluding carboxylic acids is 1. The lowest BCUT2D eigenvalue weighted by Gasteiger charge is -2.14. The lowest BCUT2D eigenvalue weighted by Crippen LogP contribution is -2.41. The summed E-state index contributed by atoms with van der Waals surface area (Å²) in [5.74, 6) is 1.41. The maximum absolute atomic E-state index is 12.0. The van der Waals surface area contributed by atoms with Gasteiger partial charge in [0.25, 0.3) is 5.91 Å². The molecule has 0 aliphatic heterocycles. The monoisotopic (exact) mass is 503 g/mol. The van der Waals surface area contributed by atoms with Crippen molar-refractivity contribution in [2.45, 2.75) is 20.4 Å². The highest BCUT2D eigenvalue weighted by molar-refractivity contribution is 14.0. The van der Waals surface area contributed by atoms with E-state index in [1.54, 1.807) is 19.7 Å². The summed E-state index contributed by atoms with van der Waals surface area (Å²) in [5, 5.41) is 9.29. The number of aromatic nitrogens is 1. The Labute approximate surface area is 181 Å². The van der Waals surface area contributed by atoms with Gasteiger partial charge >= 0.3 is 0 Å². The number of aryl methyl sites for hydroxylation is 2. The van der Waals surface area contributed by atoms with E-state index in [1.807, 2.05) is 32.0 Å². The number of guanidine groups is 1. The number of methoxy groups -OCH3 is 1. The number of nitrogens with one attached hydrogen (secondary N) is 3. The molecule has 1 heterocycles. The molecule has 148 valence electrons. The van der Waals surface area contributed by atoms with Gasteiger partial charge in [-0.3, -0.25) is 9.79 Å². The van der Waals surface area contributed by atoms with Crippen LogP contribution < -0.4 is 20.7 Å². The molecule has 0 aliphatic carbocycles. The van der Waals surface area contributed by atoms with Crippen LogP contribution in [0.1, 0.15) is 26.5 Å². The van der Waals surface area contributed by atoms with E-state index in [4.69, 9.17) is 4.74 Å². The molecular formula is C18H26IN5O2S. The Morgan fingerprint density at radius 2 is 1.96 bits per heavy atom. The van der Waals surface area contributed by atoms with Crippen molar-refractivity contribution < 1.29 is 9.53 Å². The highest BCUT2D eigenvalue weighted by Gasteiger charge is 2.10. The summed E-state index contributed by atoms with van der Waals surface area (Å²) in [5.41, 5.74) is 4.63. The molecule has 1 amide bonds. The van der Waals surface area contributed by atoms with E-state index in [0.29, 0.717) is 30.5 Å². The van der Waals surface area contributed by atoms with Crippen molar-refractivity contribution >= 4 is 47.2 Å². The number of rotatable bonds is 7. The average Bonchev–Trinajstić information content (AvgIpc) is 3.07. The molecule has 27 heavy (non-hydrogen) atoms. The molecule has 9 heteroatoms. The van der Waals surface area contributed by atoms with Crippen LogP contribution in [-0.2, 0) is 6.54 Å². The second kappa shape index (κ2) is 11.8. The van der Waals surface area contributed by atoms with E-state index in [9.17, 15) is 4.79 Å². The first-order chi connectivity index (χ1) is 12.5. The van der Waals surface area contributed by atoms with Crippen LogP contribution >= 0.6 is 35.3 Å². The minimum absolute atomic E-state index is 0. The quantitative estimate of drug-likeness (QED) is 0.234. The fourth-order valence-corrected chi connectivity index (χ4v) is 3.07. The maximum atomic E-state index is 12.0. The first-order valence-corrected chi connectivity index (χ1v) is 9.19. The van der Waals surface area contributed by atoms with E-state index < -0.39 is 0 Å². The van der Waals surface area contributed by atoms with Gasteiger partial charge in [-0.2, -0.15) is 0 Å². The van der Waals surface area contributed by atoms with Crippen molar-refractivity contribution in [3.63, 3.8) is 0 Å².